The standard InChI is InChI=1S/C17H18O3S/c1-11-4-6-15(7-5-11)21(20)10-16(18)14-8-12(2)17(19)13(3)9-14/h4-9,19H,10H2,1-3H3/t21-/m0/s1. The number of rotatable bonds is 4. The number of carbonyl (C=O) groups excluding carboxylic acids is 1. The van der Waals surface area contributed by atoms with Crippen molar-refractivity contribution in [3.8, 4) is 5.75 Å². The van der Waals surface area contributed by atoms with E-state index in [1.54, 1.807) is 38.1 Å². The monoisotopic (exact) mass is 302 g/mol. The van der Waals surface area contributed by atoms with E-state index in [0.29, 0.717) is 21.6 Å². The maximum atomic E-state index is 12.2. The van der Waals surface area contributed by atoms with Gasteiger partial charge in [0.05, 0.1) is 16.6 Å². The molecule has 0 amide bonds. The molecule has 4 heteroatoms. The van der Waals surface area contributed by atoms with Gasteiger partial charge in [0.2, 0.25) is 0 Å². The summed E-state index contributed by atoms with van der Waals surface area (Å²) < 4.78 is 12.2. The molecule has 1 N–H and O–H groups in total. The van der Waals surface area contributed by atoms with E-state index >= 15 is 0 Å². The lowest BCUT2D eigenvalue weighted by molar-refractivity contribution is 0.102. The molecule has 2 aromatic carbocycles. The number of carbonyl (C=O) groups is 1. The first-order valence-corrected chi connectivity index (χ1v) is 7.99. The lowest BCUT2D eigenvalue weighted by Gasteiger charge is -2.07. The second kappa shape index (κ2) is 6.22. The van der Waals surface area contributed by atoms with E-state index in [-0.39, 0.29) is 17.3 Å². The van der Waals surface area contributed by atoms with Gasteiger partial charge in [-0.1, -0.05) is 17.7 Å². The number of aromatic hydroxyl groups is 1. The van der Waals surface area contributed by atoms with Crippen molar-refractivity contribution >= 4 is 16.6 Å². The smallest absolute Gasteiger partial charge is 0.175 e. The van der Waals surface area contributed by atoms with Crippen molar-refractivity contribution in [2.75, 3.05) is 5.75 Å². The van der Waals surface area contributed by atoms with Crippen LogP contribution in [0.15, 0.2) is 41.3 Å². The van der Waals surface area contributed by atoms with E-state index in [4.69, 9.17) is 0 Å². The van der Waals surface area contributed by atoms with Gasteiger partial charge in [0, 0.05) is 10.5 Å². The minimum Gasteiger partial charge on any atom is -0.507 e. The first kappa shape index (κ1) is 15.4. The van der Waals surface area contributed by atoms with Crippen LogP contribution in [0.4, 0.5) is 0 Å². The Morgan fingerprint density at radius 2 is 1.57 bits per heavy atom. The van der Waals surface area contributed by atoms with Crippen molar-refractivity contribution in [1.82, 2.24) is 0 Å². The molecule has 0 saturated carbocycles. The quantitative estimate of drug-likeness (QED) is 0.882. The molecule has 0 aliphatic carbocycles. The summed E-state index contributed by atoms with van der Waals surface area (Å²) in [6, 6.07) is 10.6. The largest absolute Gasteiger partial charge is 0.507 e. The van der Waals surface area contributed by atoms with Gasteiger partial charge < -0.3 is 5.11 Å². The van der Waals surface area contributed by atoms with Gasteiger partial charge in [0.1, 0.15) is 5.75 Å². The molecule has 2 rings (SSSR count). The number of phenolic OH excluding ortho intramolecular Hbond substituents is 1. The molecular weight excluding hydrogens is 284 g/mol. The minimum absolute atomic E-state index is 0.0489. The average Bonchev–Trinajstić information content (AvgIpc) is 2.44. The van der Waals surface area contributed by atoms with Crippen LogP contribution in [0.1, 0.15) is 27.0 Å². The van der Waals surface area contributed by atoms with Crippen LogP contribution in [0.5, 0.6) is 5.75 Å². The zero-order valence-corrected chi connectivity index (χ0v) is 13.2. The van der Waals surface area contributed by atoms with Crippen LogP contribution in [0.25, 0.3) is 0 Å². The molecule has 0 bridgehead atoms. The topological polar surface area (TPSA) is 54.4 Å². The van der Waals surface area contributed by atoms with Crippen molar-refractivity contribution in [1.29, 1.82) is 0 Å². The molecule has 110 valence electrons. The van der Waals surface area contributed by atoms with Crippen LogP contribution in [0, 0.1) is 20.8 Å². The highest BCUT2D eigenvalue weighted by atomic mass is 32.2. The Labute approximate surface area is 127 Å². The predicted molar refractivity (Wildman–Crippen MR) is 84.4 cm³/mol. The average molecular weight is 302 g/mol. The second-order valence-electron chi connectivity index (χ2n) is 5.18. The summed E-state index contributed by atoms with van der Waals surface area (Å²) in [5, 5.41) is 9.73. The molecule has 0 radical (unpaired) electrons. The number of aryl methyl sites for hydroxylation is 3. The molecule has 0 fully saturated rings. The Morgan fingerprint density at radius 3 is 2.10 bits per heavy atom. The van der Waals surface area contributed by atoms with Crippen molar-refractivity contribution in [2.24, 2.45) is 0 Å². The molecule has 0 heterocycles. The fraction of sp³-hybridized carbons (Fsp3) is 0.235. The maximum Gasteiger partial charge on any atom is 0.175 e. The fourth-order valence-corrected chi connectivity index (χ4v) is 3.10. The van der Waals surface area contributed by atoms with Gasteiger partial charge in [-0.3, -0.25) is 9.00 Å². The molecule has 1 atom stereocenters. The number of phenols is 1. The summed E-state index contributed by atoms with van der Waals surface area (Å²) in [5.74, 6) is -0.0292. The van der Waals surface area contributed by atoms with E-state index in [0.717, 1.165) is 5.56 Å². The molecule has 0 unspecified atom stereocenters. The normalized spacial score (nSPS) is 12.1. The first-order valence-electron chi connectivity index (χ1n) is 6.67. The van der Waals surface area contributed by atoms with Crippen molar-refractivity contribution in [3.63, 3.8) is 0 Å². The molecular formula is C17H18O3S. The lowest BCUT2D eigenvalue weighted by atomic mass is 10.0. The van der Waals surface area contributed by atoms with Crippen molar-refractivity contribution < 1.29 is 14.1 Å². The maximum absolute atomic E-state index is 12.2. The van der Waals surface area contributed by atoms with Crippen molar-refractivity contribution in [2.45, 2.75) is 25.7 Å². The molecule has 0 spiro atoms. The second-order valence-corrected chi connectivity index (χ2v) is 6.64. The summed E-state index contributed by atoms with van der Waals surface area (Å²) in [4.78, 5) is 12.9. The van der Waals surface area contributed by atoms with Gasteiger partial charge in [0.25, 0.3) is 0 Å². The molecule has 0 aliphatic rings. The highest BCUT2D eigenvalue weighted by molar-refractivity contribution is 7.85. The summed E-state index contributed by atoms with van der Waals surface area (Å²) in [6.45, 7) is 5.45. The molecule has 21 heavy (non-hydrogen) atoms. The van der Waals surface area contributed by atoms with Crippen molar-refractivity contribution in [3.05, 3.63) is 58.7 Å². The highest BCUT2D eigenvalue weighted by Crippen LogP contribution is 2.23. The fourth-order valence-electron chi connectivity index (χ4n) is 2.09. The Hall–Kier alpha value is -1.94. The zero-order valence-electron chi connectivity index (χ0n) is 12.3. The Kier molecular flexibility index (Phi) is 4.58. The van der Waals surface area contributed by atoms with E-state index in [1.165, 1.54) is 0 Å². The van der Waals surface area contributed by atoms with Crippen LogP contribution in [-0.4, -0.2) is 20.9 Å². The molecule has 0 aromatic heterocycles. The predicted octanol–water partition coefficient (Wildman–Crippen LogP) is 3.31. The summed E-state index contributed by atoms with van der Waals surface area (Å²) in [7, 11) is -1.35. The van der Waals surface area contributed by atoms with Crippen LogP contribution in [-0.2, 0) is 10.8 Å². The number of hydrogen-bond donors (Lipinski definition) is 1. The summed E-state index contributed by atoms with van der Waals surface area (Å²) >= 11 is 0. The summed E-state index contributed by atoms with van der Waals surface area (Å²) in [5.41, 5.74) is 2.88. The van der Waals surface area contributed by atoms with Gasteiger partial charge in [-0.25, -0.2) is 0 Å². The third kappa shape index (κ3) is 3.58. The number of hydrogen-bond acceptors (Lipinski definition) is 3. The SMILES string of the molecule is Cc1ccc([S@@](=O)CC(=O)c2cc(C)c(O)c(C)c2)cc1. The molecule has 3 nitrogen and oxygen atoms in total. The van der Waals surface area contributed by atoms with E-state index < -0.39 is 10.8 Å². The van der Waals surface area contributed by atoms with Crippen LogP contribution in [0.2, 0.25) is 0 Å². The van der Waals surface area contributed by atoms with Gasteiger partial charge >= 0.3 is 0 Å². The van der Waals surface area contributed by atoms with Gasteiger partial charge in [0.15, 0.2) is 5.78 Å². The number of benzene rings is 2. The molecule has 0 saturated heterocycles. The number of Topliss-reactive ketones (excluding diaryl/α,β-unsaturated/α-hetero) is 1. The zero-order chi connectivity index (χ0) is 15.6. The van der Waals surface area contributed by atoms with E-state index in [9.17, 15) is 14.1 Å². The highest BCUT2D eigenvalue weighted by Gasteiger charge is 2.14. The van der Waals surface area contributed by atoms with E-state index in [2.05, 4.69) is 0 Å². The van der Waals surface area contributed by atoms with Crippen LogP contribution >= 0.6 is 0 Å². The Bertz CT molecular complexity index is 679. The van der Waals surface area contributed by atoms with E-state index in [1.807, 2.05) is 19.1 Å². The van der Waals surface area contributed by atoms with Crippen LogP contribution in [0.3, 0.4) is 0 Å². The first-order chi connectivity index (χ1) is 9.88. The third-order valence-corrected chi connectivity index (χ3v) is 4.68. The minimum atomic E-state index is -1.35. The lowest BCUT2D eigenvalue weighted by Crippen LogP contribution is -2.11. The Balaban J connectivity index is 2.18. The van der Waals surface area contributed by atoms with Gasteiger partial charge in [-0.2, -0.15) is 0 Å². The van der Waals surface area contributed by atoms with Crippen LogP contribution < -0.4 is 0 Å². The molecule has 0 aliphatic heterocycles. The number of ketones is 1. The third-order valence-electron chi connectivity index (χ3n) is 3.36. The molecule has 2 aromatic rings. The Morgan fingerprint density at radius 1 is 1.05 bits per heavy atom. The van der Waals surface area contributed by atoms with Gasteiger partial charge in [-0.15, -0.1) is 0 Å². The summed E-state index contributed by atoms with van der Waals surface area (Å²) in [6.07, 6.45) is 0. The van der Waals surface area contributed by atoms with Gasteiger partial charge in [-0.05, 0) is 56.2 Å².